The lowest BCUT2D eigenvalue weighted by atomic mass is 10.2. The Labute approximate surface area is 78.0 Å². The summed E-state index contributed by atoms with van der Waals surface area (Å²) >= 11 is 0. The van der Waals surface area contributed by atoms with Crippen LogP contribution < -0.4 is 0 Å². The van der Waals surface area contributed by atoms with Crippen LogP contribution in [0.4, 0.5) is 0 Å². The second kappa shape index (κ2) is 5.54. The van der Waals surface area contributed by atoms with E-state index in [4.69, 9.17) is 4.43 Å². The van der Waals surface area contributed by atoms with E-state index in [9.17, 15) is 0 Å². The van der Waals surface area contributed by atoms with Crippen LogP contribution >= 0.6 is 0 Å². The highest BCUT2D eigenvalue weighted by molar-refractivity contribution is 6.71. The molecule has 0 saturated carbocycles. The average molecular weight is 186 g/mol. The van der Waals surface area contributed by atoms with E-state index in [1.54, 1.807) is 0 Å². The van der Waals surface area contributed by atoms with Gasteiger partial charge in [-0.25, -0.2) is 0 Å². The van der Waals surface area contributed by atoms with Gasteiger partial charge < -0.3 is 4.43 Å². The fourth-order valence-corrected chi connectivity index (χ4v) is 2.46. The predicted octanol–water partition coefficient (Wildman–Crippen LogP) is 3.44. The largest absolute Gasteiger partial charge is 0.417 e. The molecule has 0 aromatic rings. The molecule has 0 rings (SSSR count). The maximum absolute atomic E-state index is 5.85. The van der Waals surface area contributed by atoms with Gasteiger partial charge in [-0.1, -0.05) is 19.9 Å². The molecule has 0 radical (unpaired) electrons. The minimum atomic E-state index is -1.39. The third-order valence-corrected chi connectivity index (χ3v) is 4.08. The Morgan fingerprint density at radius 3 is 2.42 bits per heavy atom. The van der Waals surface area contributed by atoms with Gasteiger partial charge in [-0.3, -0.25) is 0 Å². The number of rotatable bonds is 6. The first-order valence-corrected chi connectivity index (χ1v) is 7.84. The van der Waals surface area contributed by atoms with Crippen LogP contribution in [-0.2, 0) is 4.43 Å². The molecule has 0 heterocycles. The van der Waals surface area contributed by atoms with Crippen molar-refractivity contribution in [2.45, 2.75) is 39.4 Å². The molecule has 0 aliphatic carbocycles. The summed E-state index contributed by atoms with van der Waals surface area (Å²) in [4.78, 5) is 0. The van der Waals surface area contributed by atoms with Crippen LogP contribution in [0.15, 0.2) is 12.7 Å². The zero-order chi connectivity index (χ0) is 9.61. The highest BCUT2D eigenvalue weighted by Crippen LogP contribution is 2.12. The van der Waals surface area contributed by atoms with Crippen molar-refractivity contribution in [3.63, 3.8) is 0 Å². The molecule has 2 heteroatoms. The first-order valence-electron chi connectivity index (χ1n) is 4.73. The van der Waals surface area contributed by atoms with Crippen molar-refractivity contribution < 1.29 is 4.43 Å². The zero-order valence-corrected chi connectivity index (χ0v) is 9.89. The Balaban J connectivity index is 3.53. The maximum Gasteiger partial charge on any atom is 0.190 e. The molecule has 0 N–H and O–H groups in total. The topological polar surface area (TPSA) is 9.23 Å². The first kappa shape index (κ1) is 11.9. The summed E-state index contributed by atoms with van der Waals surface area (Å²) in [5.74, 6) is 0.749. The van der Waals surface area contributed by atoms with E-state index in [1.807, 2.05) is 6.08 Å². The van der Waals surface area contributed by atoms with E-state index in [0.29, 0.717) is 0 Å². The molecule has 0 aliphatic rings. The molecule has 0 atom stereocenters. The minimum Gasteiger partial charge on any atom is -0.417 e. The van der Waals surface area contributed by atoms with Crippen molar-refractivity contribution in [1.29, 1.82) is 0 Å². The van der Waals surface area contributed by atoms with Gasteiger partial charge >= 0.3 is 0 Å². The van der Waals surface area contributed by atoms with Gasteiger partial charge in [0.2, 0.25) is 0 Å². The second-order valence-corrected chi connectivity index (χ2v) is 8.50. The van der Waals surface area contributed by atoms with Crippen molar-refractivity contribution >= 4 is 8.32 Å². The van der Waals surface area contributed by atoms with Gasteiger partial charge in [0.05, 0.1) is 0 Å². The Morgan fingerprint density at radius 2 is 2.00 bits per heavy atom. The molecule has 12 heavy (non-hydrogen) atoms. The summed E-state index contributed by atoms with van der Waals surface area (Å²) in [5, 5.41) is 0. The summed E-state index contributed by atoms with van der Waals surface area (Å²) in [6, 6.07) is 1.06. The van der Waals surface area contributed by atoms with Crippen LogP contribution in [-0.4, -0.2) is 14.9 Å². The van der Waals surface area contributed by atoms with Gasteiger partial charge in [-0.05, 0) is 31.5 Å². The van der Waals surface area contributed by atoms with Crippen molar-refractivity contribution in [1.82, 2.24) is 0 Å². The quantitative estimate of drug-likeness (QED) is 0.456. The predicted molar refractivity (Wildman–Crippen MR) is 57.9 cm³/mol. The Morgan fingerprint density at radius 1 is 1.42 bits per heavy atom. The normalized spacial score (nSPS) is 12.1. The summed E-state index contributed by atoms with van der Waals surface area (Å²) in [6.45, 7) is 13.6. The summed E-state index contributed by atoms with van der Waals surface area (Å²) < 4.78 is 5.85. The average Bonchev–Trinajstić information content (AvgIpc) is 1.85. The van der Waals surface area contributed by atoms with Gasteiger partial charge in [0, 0.05) is 6.61 Å². The zero-order valence-electron chi connectivity index (χ0n) is 8.89. The second-order valence-electron chi connectivity index (χ2n) is 4.28. The van der Waals surface area contributed by atoms with Crippen LogP contribution in [0, 0.1) is 5.92 Å². The van der Waals surface area contributed by atoms with E-state index in [1.165, 1.54) is 6.42 Å². The van der Waals surface area contributed by atoms with Crippen LogP contribution in [0.3, 0.4) is 0 Å². The van der Waals surface area contributed by atoms with Crippen molar-refractivity contribution in [2.24, 2.45) is 5.92 Å². The highest BCUT2D eigenvalue weighted by atomic mass is 28.4. The van der Waals surface area contributed by atoms with Crippen LogP contribution in [0.25, 0.3) is 0 Å². The summed E-state index contributed by atoms with van der Waals surface area (Å²) in [7, 11) is -1.39. The Kier molecular flexibility index (Phi) is 5.50. The Hall–Kier alpha value is -0.0831. The van der Waals surface area contributed by atoms with E-state index >= 15 is 0 Å². The molecule has 0 amide bonds. The molecule has 0 aliphatic heterocycles. The first-order chi connectivity index (χ1) is 5.48. The van der Waals surface area contributed by atoms with Crippen LogP contribution in [0.5, 0.6) is 0 Å². The lowest BCUT2D eigenvalue weighted by Gasteiger charge is -2.21. The molecule has 1 nitrogen and oxygen atoms in total. The minimum absolute atomic E-state index is 0.749. The van der Waals surface area contributed by atoms with Gasteiger partial charge in [-0.15, -0.1) is 6.58 Å². The summed E-state index contributed by atoms with van der Waals surface area (Å²) in [5.41, 5.74) is 0. The van der Waals surface area contributed by atoms with Gasteiger partial charge in [0.1, 0.15) is 0 Å². The van der Waals surface area contributed by atoms with Crippen molar-refractivity contribution in [3.8, 4) is 0 Å². The van der Waals surface area contributed by atoms with Crippen molar-refractivity contribution in [3.05, 3.63) is 12.7 Å². The molecule has 0 aromatic carbocycles. The third kappa shape index (κ3) is 6.62. The Bertz CT molecular complexity index is 130. The van der Waals surface area contributed by atoms with E-state index in [0.717, 1.165) is 18.6 Å². The standard InChI is InChI=1S/C10H22OSi/c1-6-9-12(4,5)11-8-7-10(2)3/h6,10H,1,7-9H2,2-5H3. The molecule has 0 fully saturated rings. The number of allylic oxidation sites excluding steroid dienone is 1. The molecule has 0 bridgehead atoms. The smallest absolute Gasteiger partial charge is 0.190 e. The van der Waals surface area contributed by atoms with Gasteiger partial charge in [-0.2, -0.15) is 0 Å². The van der Waals surface area contributed by atoms with E-state index in [-0.39, 0.29) is 0 Å². The van der Waals surface area contributed by atoms with E-state index < -0.39 is 8.32 Å². The number of hydrogen-bond acceptors (Lipinski definition) is 1. The van der Waals surface area contributed by atoms with Crippen molar-refractivity contribution in [2.75, 3.05) is 6.61 Å². The fraction of sp³-hybridized carbons (Fsp3) is 0.800. The van der Waals surface area contributed by atoms with Gasteiger partial charge in [0.15, 0.2) is 8.32 Å². The fourth-order valence-electron chi connectivity index (χ4n) is 0.977. The molecular formula is C10H22OSi. The van der Waals surface area contributed by atoms with Gasteiger partial charge in [0.25, 0.3) is 0 Å². The highest BCUT2D eigenvalue weighted by Gasteiger charge is 2.19. The lowest BCUT2D eigenvalue weighted by molar-refractivity contribution is 0.281. The lowest BCUT2D eigenvalue weighted by Crippen LogP contribution is -2.30. The molecule has 0 spiro atoms. The monoisotopic (exact) mass is 186 g/mol. The third-order valence-electron chi connectivity index (χ3n) is 1.82. The number of hydrogen-bond donors (Lipinski definition) is 0. The van der Waals surface area contributed by atoms with Crippen LogP contribution in [0.2, 0.25) is 19.1 Å². The van der Waals surface area contributed by atoms with Crippen LogP contribution in [0.1, 0.15) is 20.3 Å². The van der Waals surface area contributed by atoms with E-state index in [2.05, 4.69) is 33.5 Å². The molecule has 0 aromatic heterocycles. The molecule has 0 saturated heterocycles. The maximum atomic E-state index is 5.85. The molecular weight excluding hydrogens is 164 g/mol. The summed E-state index contributed by atoms with van der Waals surface area (Å²) in [6.07, 6.45) is 3.15. The molecule has 72 valence electrons. The SMILES string of the molecule is C=CC[Si](C)(C)OCCC(C)C. The molecule has 0 unspecified atom stereocenters.